The van der Waals surface area contributed by atoms with Gasteiger partial charge in [0.2, 0.25) is 10.0 Å². The molecule has 0 spiro atoms. The second-order valence-corrected chi connectivity index (χ2v) is 7.52. The molecule has 1 aliphatic carbocycles. The highest BCUT2D eigenvalue weighted by Gasteiger charge is 2.38. The highest BCUT2D eigenvalue weighted by molar-refractivity contribution is 9.10. The van der Waals surface area contributed by atoms with Crippen molar-refractivity contribution in [3.8, 4) is 0 Å². The van der Waals surface area contributed by atoms with E-state index in [-0.39, 0.29) is 10.9 Å². The Balaban J connectivity index is 2.36. The predicted octanol–water partition coefficient (Wildman–Crippen LogP) is 1.71. The van der Waals surface area contributed by atoms with E-state index in [9.17, 15) is 8.42 Å². The number of methoxy groups -OCH3 is 1. The molecule has 112 valence electrons. The van der Waals surface area contributed by atoms with E-state index < -0.39 is 10.0 Å². The fourth-order valence-corrected chi connectivity index (χ4v) is 4.69. The summed E-state index contributed by atoms with van der Waals surface area (Å²) in [6.45, 7) is 1.09. The van der Waals surface area contributed by atoms with Gasteiger partial charge in [-0.3, -0.25) is 0 Å². The molecule has 1 aliphatic rings. The zero-order valence-corrected chi connectivity index (χ0v) is 13.8. The zero-order chi connectivity index (χ0) is 14.8. The summed E-state index contributed by atoms with van der Waals surface area (Å²) in [6.07, 6.45) is 1.83. The monoisotopic (exact) mass is 362 g/mol. The van der Waals surface area contributed by atoms with E-state index in [4.69, 9.17) is 10.5 Å². The van der Waals surface area contributed by atoms with Crippen LogP contribution >= 0.6 is 15.9 Å². The number of sulfonamides is 1. The first-order valence-electron chi connectivity index (χ1n) is 6.50. The first-order chi connectivity index (χ1) is 9.50. The Morgan fingerprint density at radius 3 is 2.70 bits per heavy atom. The molecule has 0 aromatic heterocycles. The Morgan fingerprint density at radius 2 is 2.15 bits per heavy atom. The quantitative estimate of drug-likeness (QED) is 0.801. The normalized spacial score (nSPS) is 15.8. The number of hydrogen-bond acceptors (Lipinski definition) is 4. The third-order valence-electron chi connectivity index (χ3n) is 3.29. The summed E-state index contributed by atoms with van der Waals surface area (Å²) >= 11 is 3.32. The van der Waals surface area contributed by atoms with Crippen molar-refractivity contribution in [3.63, 3.8) is 0 Å². The summed E-state index contributed by atoms with van der Waals surface area (Å²) in [5, 5.41) is 0. The van der Waals surface area contributed by atoms with Gasteiger partial charge in [-0.05, 0) is 46.5 Å². The van der Waals surface area contributed by atoms with Gasteiger partial charge in [-0.25, -0.2) is 8.42 Å². The lowest BCUT2D eigenvalue weighted by Crippen LogP contribution is -2.36. The van der Waals surface area contributed by atoms with Gasteiger partial charge < -0.3 is 10.5 Å². The van der Waals surface area contributed by atoms with Crippen LogP contribution in [0.3, 0.4) is 0 Å². The van der Waals surface area contributed by atoms with Crippen LogP contribution in [0.2, 0.25) is 0 Å². The van der Waals surface area contributed by atoms with Crippen LogP contribution in [0.1, 0.15) is 18.4 Å². The fraction of sp³-hybridized carbons (Fsp3) is 0.538. The van der Waals surface area contributed by atoms with E-state index in [2.05, 4.69) is 15.9 Å². The molecule has 0 saturated heterocycles. The van der Waals surface area contributed by atoms with Crippen LogP contribution in [0.15, 0.2) is 27.6 Å². The summed E-state index contributed by atoms with van der Waals surface area (Å²) in [5.74, 6) is 0. The van der Waals surface area contributed by atoms with Gasteiger partial charge in [-0.15, -0.1) is 0 Å². The molecule has 0 aliphatic heterocycles. The summed E-state index contributed by atoms with van der Waals surface area (Å²) < 4.78 is 32.7. The third kappa shape index (κ3) is 3.40. The van der Waals surface area contributed by atoms with Gasteiger partial charge in [0.15, 0.2) is 0 Å². The van der Waals surface area contributed by atoms with Crippen LogP contribution in [0, 0.1) is 0 Å². The van der Waals surface area contributed by atoms with Crippen molar-refractivity contribution in [1.29, 1.82) is 0 Å². The first kappa shape index (κ1) is 15.9. The summed E-state index contributed by atoms with van der Waals surface area (Å²) in [4.78, 5) is 0.281. The van der Waals surface area contributed by atoms with Crippen molar-refractivity contribution < 1.29 is 13.2 Å². The molecule has 0 unspecified atom stereocenters. The van der Waals surface area contributed by atoms with E-state index in [0.717, 1.165) is 18.4 Å². The average Bonchev–Trinajstić information content (AvgIpc) is 3.24. The topological polar surface area (TPSA) is 72.6 Å². The minimum absolute atomic E-state index is 0.101. The van der Waals surface area contributed by atoms with Gasteiger partial charge in [0.05, 0.1) is 11.5 Å². The van der Waals surface area contributed by atoms with Gasteiger partial charge in [0.1, 0.15) is 0 Å². The lowest BCUT2D eigenvalue weighted by atomic mass is 10.2. The number of hydrogen-bond donors (Lipinski definition) is 1. The van der Waals surface area contributed by atoms with Crippen LogP contribution in [0.4, 0.5) is 0 Å². The summed E-state index contributed by atoms with van der Waals surface area (Å²) in [5.41, 5.74) is 6.40. The highest BCUT2D eigenvalue weighted by Crippen LogP contribution is 2.34. The summed E-state index contributed by atoms with van der Waals surface area (Å²) in [7, 11) is -1.95. The van der Waals surface area contributed by atoms with Crippen molar-refractivity contribution in [2.24, 2.45) is 5.73 Å². The Labute approximate surface area is 128 Å². The second-order valence-electron chi connectivity index (χ2n) is 4.81. The Morgan fingerprint density at radius 1 is 1.45 bits per heavy atom. The first-order valence-corrected chi connectivity index (χ1v) is 8.73. The molecule has 0 radical (unpaired) electrons. The van der Waals surface area contributed by atoms with E-state index >= 15 is 0 Å². The molecule has 2 N–H and O–H groups in total. The lowest BCUT2D eigenvalue weighted by Gasteiger charge is -2.22. The van der Waals surface area contributed by atoms with Crippen LogP contribution < -0.4 is 5.73 Å². The number of nitrogens with two attached hydrogens (primary N) is 1. The van der Waals surface area contributed by atoms with Crippen molar-refractivity contribution in [2.75, 3.05) is 20.3 Å². The Kier molecular flexibility index (Phi) is 5.19. The van der Waals surface area contributed by atoms with Crippen molar-refractivity contribution >= 4 is 26.0 Å². The molecule has 1 saturated carbocycles. The number of ether oxygens (including phenoxy) is 1. The molecule has 20 heavy (non-hydrogen) atoms. The lowest BCUT2D eigenvalue weighted by molar-refractivity contribution is 0.177. The zero-order valence-electron chi connectivity index (χ0n) is 11.4. The molecule has 7 heteroatoms. The van der Waals surface area contributed by atoms with Gasteiger partial charge in [-0.2, -0.15) is 4.31 Å². The minimum Gasteiger partial charge on any atom is -0.383 e. The smallest absolute Gasteiger partial charge is 0.244 e. The van der Waals surface area contributed by atoms with Crippen LogP contribution in [-0.2, 0) is 21.3 Å². The number of benzene rings is 1. The van der Waals surface area contributed by atoms with Crippen LogP contribution in [0.25, 0.3) is 0 Å². The molecule has 0 bridgehead atoms. The highest BCUT2D eigenvalue weighted by atomic mass is 79.9. The molecular formula is C13H19BrN2O3S. The molecule has 0 atom stereocenters. The molecule has 1 aromatic rings. The maximum atomic E-state index is 12.8. The average molecular weight is 363 g/mol. The third-order valence-corrected chi connectivity index (χ3v) is 6.23. The molecule has 1 aromatic carbocycles. The molecule has 2 rings (SSSR count). The van der Waals surface area contributed by atoms with E-state index in [1.165, 1.54) is 4.31 Å². The second kappa shape index (κ2) is 6.53. The molecule has 0 heterocycles. The van der Waals surface area contributed by atoms with E-state index in [0.29, 0.717) is 24.2 Å². The van der Waals surface area contributed by atoms with E-state index in [1.807, 2.05) is 6.07 Å². The SMILES string of the molecule is COCCN(C1CC1)S(=O)(=O)c1cc(CN)ccc1Br. The van der Waals surface area contributed by atoms with Crippen molar-refractivity contribution in [2.45, 2.75) is 30.3 Å². The predicted molar refractivity (Wildman–Crippen MR) is 80.8 cm³/mol. The largest absolute Gasteiger partial charge is 0.383 e. The number of rotatable bonds is 7. The molecule has 0 amide bonds. The molecular weight excluding hydrogens is 344 g/mol. The van der Waals surface area contributed by atoms with Gasteiger partial charge >= 0.3 is 0 Å². The van der Waals surface area contributed by atoms with Crippen LogP contribution in [0.5, 0.6) is 0 Å². The van der Waals surface area contributed by atoms with Gasteiger partial charge in [0.25, 0.3) is 0 Å². The minimum atomic E-state index is -3.52. The number of halogens is 1. The van der Waals surface area contributed by atoms with Crippen LogP contribution in [-0.4, -0.2) is 39.0 Å². The fourth-order valence-electron chi connectivity index (χ4n) is 2.04. The Hall–Kier alpha value is -0.470. The van der Waals surface area contributed by atoms with Gasteiger partial charge in [0, 0.05) is 30.7 Å². The van der Waals surface area contributed by atoms with Gasteiger partial charge in [-0.1, -0.05) is 6.07 Å². The van der Waals surface area contributed by atoms with E-state index in [1.54, 1.807) is 19.2 Å². The maximum absolute atomic E-state index is 12.8. The molecule has 5 nitrogen and oxygen atoms in total. The maximum Gasteiger partial charge on any atom is 0.244 e. The molecule has 1 fully saturated rings. The van der Waals surface area contributed by atoms with Crippen molar-refractivity contribution in [1.82, 2.24) is 4.31 Å². The van der Waals surface area contributed by atoms with Crippen molar-refractivity contribution in [3.05, 3.63) is 28.2 Å². The summed E-state index contributed by atoms with van der Waals surface area (Å²) in [6, 6.07) is 5.29. The number of nitrogens with zero attached hydrogens (tertiary/aromatic N) is 1. The Bertz CT molecular complexity index is 573. The standard InChI is InChI=1S/C13H19BrN2O3S/c1-19-7-6-16(11-3-4-11)20(17,18)13-8-10(9-15)2-5-12(13)14/h2,5,8,11H,3-4,6-7,9,15H2,1H3.